The van der Waals surface area contributed by atoms with Gasteiger partial charge in [0, 0.05) is 20.1 Å². The number of methoxy groups -OCH3 is 1. The van der Waals surface area contributed by atoms with E-state index in [4.69, 9.17) is 4.74 Å². The van der Waals surface area contributed by atoms with Gasteiger partial charge in [-0.15, -0.1) is 0 Å². The molecule has 1 atom stereocenters. The van der Waals surface area contributed by atoms with Gasteiger partial charge in [0.25, 0.3) is 0 Å². The zero-order valence-corrected chi connectivity index (χ0v) is 10.2. The van der Waals surface area contributed by atoms with Crippen LogP contribution in [0.1, 0.15) is 40.5 Å². The Morgan fingerprint density at radius 2 is 1.86 bits per heavy atom. The first-order valence-corrected chi connectivity index (χ1v) is 5.31. The lowest BCUT2D eigenvalue weighted by Crippen LogP contribution is -2.44. The molecule has 0 saturated carbocycles. The van der Waals surface area contributed by atoms with Crippen molar-refractivity contribution in [2.75, 3.05) is 20.2 Å². The SMILES string of the molecule is CCCNCC(C)(O)CC(C)(C)OC. The number of nitrogens with one attached hydrogen (secondary N) is 1. The van der Waals surface area contributed by atoms with E-state index < -0.39 is 5.60 Å². The van der Waals surface area contributed by atoms with Crippen LogP contribution in [0.15, 0.2) is 0 Å². The highest BCUT2D eigenvalue weighted by atomic mass is 16.5. The molecule has 3 nitrogen and oxygen atoms in total. The average Bonchev–Trinajstić information content (AvgIpc) is 2.03. The van der Waals surface area contributed by atoms with Gasteiger partial charge in [-0.05, 0) is 33.7 Å². The largest absolute Gasteiger partial charge is 0.389 e. The lowest BCUT2D eigenvalue weighted by atomic mass is 9.90. The van der Waals surface area contributed by atoms with Crippen LogP contribution < -0.4 is 5.32 Å². The van der Waals surface area contributed by atoms with Gasteiger partial charge in [-0.1, -0.05) is 6.92 Å². The van der Waals surface area contributed by atoms with Crippen molar-refractivity contribution >= 4 is 0 Å². The van der Waals surface area contributed by atoms with Gasteiger partial charge in [-0.25, -0.2) is 0 Å². The minimum Gasteiger partial charge on any atom is -0.389 e. The topological polar surface area (TPSA) is 41.5 Å². The van der Waals surface area contributed by atoms with Crippen LogP contribution in [0.2, 0.25) is 0 Å². The molecule has 14 heavy (non-hydrogen) atoms. The van der Waals surface area contributed by atoms with E-state index in [1.165, 1.54) is 0 Å². The Bertz CT molecular complexity index is 155. The van der Waals surface area contributed by atoms with Gasteiger partial charge in [0.1, 0.15) is 0 Å². The molecular weight excluding hydrogens is 178 g/mol. The van der Waals surface area contributed by atoms with Crippen molar-refractivity contribution in [3.05, 3.63) is 0 Å². The molecule has 0 aliphatic heterocycles. The van der Waals surface area contributed by atoms with E-state index in [1.807, 2.05) is 20.8 Å². The first-order valence-electron chi connectivity index (χ1n) is 5.31. The molecule has 0 aromatic rings. The van der Waals surface area contributed by atoms with Gasteiger partial charge >= 0.3 is 0 Å². The van der Waals surface area contributed by atoms with Crippen LogP contribution in [0.25, 0.3) is 0 Å². The van der Waals surface area contributed by atoms with Crippen molar-refractivity contribution in [2.45, 2.75) is 51.7 Å². The number of aliphatic hydroxyl groups is 1. The molecule has 0 heterocycles. The van der Waals surface area contributed by atoms with Crippen LogP contribution in [0, 0.1) is 0 Å². The van der Waals surface area contributed by atoms with Crippen LogP contribution in [0.4, 0.5) is 0 Å². The van der Waals surface area contributed by atoms with E-state index >= 15 is 0 Å². The Labute approximate surface area is 87.8 Å². The lowest BCUT2D eigenvalue weighted by Gasteiger charge is -2.33. The minimum absolute atomic E-state index is 0.266. The fourth-order valence-electron chi connectivity index (χ4n) is 1.59. The van der Waals surface area contributed by atoms with Crippen LogP contribution >= 0.6 is 0 Å². The van der Waals surface area contributed by atoms with Gasteiger partial charge in [0.2, 0.25) is 0 Å². The second-order valence-electron chi connectivity index (χ2n) is 4.81. The summed E-state index contributed by atoms with van der Waals surface area (Å²) in [7, 11) is 1.68. The molecule has 0 bridgehead atoms. The van der Waals surface area contributed by atoms with Crippen LogP contribution in [-0.4, -0.2) is 36.5 Å². The summed E-state index contributed by atoms with van der Waals surface area (Å²) in [6.07, 6.45) is 1.72. The Kier molecular flexibility index (Phi) is 5.64. The molecule has 0 aliphatic carbocycles. The number of hydrogen-bond acceptors (Lipinski definition) is 3. The maximum atomic E-state index is 10.1. The average molecular weight is 203 g/mol. The second-order valence-corrected chi connectivity index (χ2v) is 4.81. The van der Waals surface area contributed by atoms with Crippen LogP contribution in [0.5, 0.6) is 0 Å². The Balaban J connectivity index is 3.93. The van der Waals surface area contributed by atoms with Gasteiger partial charge in [-0.2, -0.15) is 0 Å². The smallest absolute Gasteiger partial charge is 0.0770 e. The zero-order valence-electron chi connectivity index (χ0n) is 10.2. The number of ether oxygens (including phenoxy) is 1. The highest BCUT2D eigenvalue weighted by molar-refractivity contribution is 4.84. The summed E-state index contributed by atoms with van der Waals surface area (Å²) in [5, 5.41) is 13.3. The molecule has 0 aromatic heterocycles. The molecule has 0 aliphatic rings. The lowest BCUT2D eigenvalue weighted by molar-refractivity contribution is -0.0574. The molecule has 0 fully saturated rings. The zero-order chi connectivity index (χ0) is 11.2. The summed E-state index contributed by atoms with van der Waals surface area (Å²) in [6.45, 7) is 9.50. The highest BCUT2D eigenvalue weighted by Crippen LogP contribution is 2.22. The van der Waals surface area contributed by atoms with E-state index in [0.717, 1.165) is 13.0 Å². The number of hydrogen-bond donors (Lipinski definition) is 2. The third-order valence-corrected chi connectivity index (χ3v) is 2.29. The summed E-state index contributed by atoms with van der Waals surface area (Å²) in [5.74, 6) is 0. The normalized spacial score (nSPS) is 16.7. The first kappa shape index (κ1) is 13.9. The monoisotopic (exact) mass is 203 g/mol. The fourth-order valence-corrected chi connectivity index (χ4v) is 1.59. The van der Waals surface area contributed by atoms with E-state index in [1.54, 1.807) is 7.11 Å². The molecule has 2 N–H and O–H groups in total. The highest BCUT2D eigenvalue weighted by Gasteiger charge is 2.29. The molecule has 0 aromatic carbocycles. The maximum Gasteiger partial charge on any atom is 0.0770 e. The molecule has 3 heteroatoms. The predicted octanol–water partition coefficient (Wildman–Crippen LogP) is 1.55. The molecule has 0 radical (unpaired) electrons. The summed E-state index contributed by atoms with van der Waals surface area (Å²) in [4.78, 5) is 0. The first-order chi connectivity index (χ1) is 6.33. The fraction of sp³-hybridized carbons (Fsp3) is 1.00. The van der Waals surface area contributed by atoms with E-state index in [0.29, 0.717) is 13.0 Å². The second kappa shape index (κ2) is 5.69. The molecule has 0 saturated heterocycles. The maximum absolute atomic E-state index is 10.1. The van der Waals surface area contributed by atoms with Crippen molar-refractivity contribution in [3.63, 3.8) is 0 Å². The molecule has 0 spiro atoms. The van der Waals surface area contributed by atoms with E-state index in [-0.39, 0.29) is 5.60 Å². The quantitative estimate of drug-likeness (QED) is 0.617. The third kappa shape index (κ3) is 6.35. The van der Waals surface area contributed by atoms with Crippen molar-refractivity contribution < 1.29 is 9.84 Å². The predicted molar refractivity (Wildman–Crippen MR) is 59.5 cm³/mol. The summed E-state index contributed by atoms with van der Waals surface area (Å²) in [6, 6.07) is 0. The van der Waals surface area contributed by atoms with Gasteiger partial charge in [-0.3, -0.25) is 0 Å². The van der Waals surface area contributed by atoms with Gasteiger partial charge in [0.05, 0.1) is 11.2 Å². The van der Waals surface area contributed by atoms with Gasteiger partial charge in [0.15, 0.2) is 0 Å². The van der Waals surface area contributed by atoms with Crippen molar-refractivity contribution in [2.24, 2.45) is 0 Å². The van der Waals surface area contributed by atoms with Gasteiger partial charge < -0.3 is 15.2 Å². The summed E-state index contributed by atoms with van der Waals surface area (Å²) < 4.78 is 5.29. The van der Waals surface area contributed by atoms with E-state index in [2.05, 4.69) is 12.2 Å². The van der Waals surface area contributed by atoms with Crippen LogP contribution in [-0.2, 0) is 4.74 Å². The number of rotatable bonds is 7. The molecule has 0 amide bonds. The Hall–Kier alpha value is -0.120. The molecule has 1 unspecified atom stereocenters. The third-order valence-electron chi connectivity index (χ3n) is 2.29. The Morgan fingerprint density at radius 1 is 1.29 bits per heavy atom. The van der Waals surface area contributed by atoms with Crippen molar-refractivity contribution in [1.29, 1.82) is 0 Å². The van der Waals surface area contributed by atoms with E-state index in [9.17, 15) is 5.11 Å². The summed E-state index contributed by atoms with van der Waals surface area (Å²) >= 11 is 0. The van der Waals surface area contributed by atoms with Crippen molar-refractivity contribution in [3.8, 4) is 0 Å². The molecular formula is C11H25NO2. The molecule has 86 valence electrons. The Morgan fingerprint density at radius 3 is 2.29 bits per heavy atom. The van der Waals surface area contributed by atoms with Crippen molar-refractivity contribution in [1.82, 2.24) is 5.32 Å². The van der Waals surface area contributed by atoms with Crippen LogP contribution in [0.3, 0.4) is 0 Å². The summed E-state index contributed by atoms with van der Waals surface area (Å²) in [5.41, 5.74) is -0.966. The minimum atomic E-state index is -0.700. The standard InChI is InChI=1S/C11H25NO2/c1-6-7-12-9-11(4,13)8-10(2,3)14-5/h12-13H,6-9H2,1-5H3. The molecule has 0 rings (SSSR count).